The zero-order chi connectivity index (χ0) is 15.7. The topological polar surface area (TPSA) is 47.3 Å². The number of aryl methyl sites for hydroxylation is 2. The van der Waals surface area contributed by atoms with Crippen LogP contribution in [0.15, 0.2) is 57.7 Å². The Kier molecular flexibility index (Phi) is 3.63. The summed E-state index contributed by atoms with van der Waals surface area (Å²) < 4.78 is 5.27. The van der Waals surface area contributed by atoms with Gasteiger partial charge in [0.05, 0.1) is 0 Å². The summed E-state index contributed by atoms with van der Waals surface area (Å²) in [6, 6.07) is 14.7. The molecule has 0 aliphatic heterocycles. The van der Waals surface area contributed by atoms with E-state index in [1.165, 1.54) is 0 Å². The minimum absolute atomic E-state index is 0.0526. The van der Waals surface area contributed by atoms with Gasteiger partial charge in [-0.1, -0.05) is 42.0 Å². The van der Waals surface area contributed by atoms with Gasteiger partial charge in [-0.15, -0.1) is 0 Å². The third-order valence-electron chi connectivity index (χ3n) is 3.75. The first kappa shape index (κ1) is 14.3. The van der Waals surface area contributed by atoms with Crippen LogP contribution in [0.2, 0.25) is 0 Å². The van der Waals surface area contributed by atoms with Gasteiger partial charge in [0.2, 0.25) is 0 Å². The highest BCUT2D eigenvalue weighted by Gasteiger charge is 2.14. The second-order valence-corrected chi connectivity index (χ2v) is 5.52. The van der Waals surface area contributed by atoms with Crippen molar-refractivity contribution in [1.29, 1.82) is 0 Å². The summed E-state index contributed by atoms with van der Waals surface area (Å²) in [6.07, 6.45) is 0.0526. The van der Waals surface area contributed by atoms with Gasteiger partial charge in [-0.05, 0) is 31.5 Å². The highest BCUT2D eigenvalue weighted by molar-refractivity contribution is 5.99. The molecule has 0 N–H and O–H groups in total. The number of benzene rings is 2. The molecule has 0 unspecified atom stereocenters. The lowest BCUT2D eigenvalue weighted by Crippen LogP contribution is -2.14. The van der Waals surface area contributed by atoms with E-state index in [4.69, 9.17) is 4.42 Å². The van der Waals surface area contributed by atoms with Gasteiger partial charge in [0.1, 0.15) is 5.58 Å². The lowest BCUT2D eigenvalue weighted by Gasteiger charge is -2.06. The van der Waals surface area contributed by atoms with Crippen LogP contribution >= 0.6 is 0 Å². The second-order valence-electron chi connectivity index (χ2n) is 5.52. The summed E-state index contributed by atoms with van der Waals surface area (Å²) in [5.41, 5.74) is 3.17. The molecule has 0 aliphatic carbocycles. The summed E-state index contributed by atoms with van der Waals surface area (Å²) >= 11 is 0. The molecular weight excluding hydrogens is 276 g/mol. The molecule has 22 heavy (non-hydrogen) atoms. The van der Waals surface area contributed by atoms with Crippen LogP contribution in [0.4, 0.5) is 0 Å². The van der Waals surface area contributed by atoms with Crippen LogP contribution in [0.5, 0.6) is 0 Å². The van der Waals surface area contributed by atoms with Crippen molar-refractivity contribution in [2.45, 2.75) is 20.3 Å². The van der Waals surface area contributed by atoms with E-state index in [0.29, 0.717) is 16.7 Å². The first-order chi connectivity index (χ1) is 10.5. The molecule has 3 heteroatoms. The van der Waals surface area contributed by atoms with Crippen molar-refractivity contribution in [3.63, 3.8) is 0 Å². The molecule has 0 saturated carbocycles. The summed E-state index contributed by atoms with van der Waals surface area (Å²) in [4.78, 5) is 24.5. The fourth-order valence-corrected chi connectivity index (χ4v) is 2.62. The molecule has 0 aliphatic rings. The van der Waals surface area contributed by atoms with Crippen molar-refractivity contribution in [2.24, 2.45) is 0 Å². The molecule has 0 spiro atoms. The number of ketones is 1. The van der Waals surface area contributed by atoms with Crippen LogP contribution in [-0.2, 0) is 6.42 Å². The number of fused-ring (bicyclic) bond motifs is 1. The smallest absolute Gasteiger partial charge is 0.339 e. The Balaban J connectivity index is 1.97. The maximum atomic E-state index is 12.5. The van der Waals surface area contributed by atoms with Gasteiger partial charge < -0.3 is 4.42 Å². The average Bonchev–Trinajstić information content (AvgIpc) is 2.47. The SMILES string of the molecule is Cc1ccc(C(=O)Cc2cc3ccccc3oc2=O)c(C)c1. The molecule has 0 amide bonds. The van der Waals surface area contributed by atoms with E-state index in [9.17, 15) is 9.59 Å². The van der Waals surface area contributed by atoms with Gasteiger partial charge in [-0.25, -0.2) is 4.79 Å². The number of carbonyl (C=O) groups is 1. The van der Waals surface area contributed by atoms with E-state index >= 15 is 0 Å². The van der Waals surface area contributed by atoms with Crippen LogP contribution in [0.25, 0.3) is 11.0 Å². The molecule has 3 nitrogen and oxygen atoms in total. The molecule has 0 fully saturated rings. The minimum Gasteiger partial charge on any atom is -0.423 e. The molecular formula is C19H16O3. The van der Waals surface area contributed by atoms with E-state index in [1.54, 1.807) is 12.1 Å². The lowest BCUT2D eigenvalue weighted by atomic mass is 9.98. The van der Waals surface area contributed by atoms with Crippen molar-refractivity contribution >= 4 is 16.8 Å². The van der Waals surface area contributed by atoms with E-state index < -0.39 is 5.63 Å². The van der Waals surface area contributed by atoms with E-state index in [0.717, 1.165) is 16.5 Å². The van der Waals surface area contributed by atoms with E-state index in [1.807, 2.05) is 50.2 Å². The van der Waals surface area contributed by atoms with Gasteiger partial charge in [-0.2, -0.15) is 0 Å². The van der Waals surface area contributed by atoms with Crippen LogP contribution in [0.1, 0.15) is 27.0 Å². The van der Waals surface area contributed by atoms with Crippen molar-refractivity contribution in [2.75, 3.05) is 0 Å². The van der Waals surface area contributed by atoms with E-state index in [-0.39, 0.29) is 12.2 Å². The Morgan fingerprint density at radius 2 is 1.82 bits per heavy atom. The van der Waals surface area contributed by atoms with E-state index in [2.05, 4.69) is 0 Å². The highest BCUT2D eigenvalue weighted by Crippen LogP contribution is 2.16. The Morgan fingerprint density at radius 1 is 1.05 bits per heavy atom. The van der Waals surface area contributed by atoms with Gasteiger partial charge in [0.25, 0.3) is 0 Å². The normalized spacial score (nSPS) is 10.8. The fourth-order valence-electron chi connectivity index (χ4n) is 2.62. The van der Waals surface area contributed by atoms with Crippen LogP contribution in [0.3, 0.4) is 0 Å². The van der Waals surface area contributed by atoms with Crippen LogP contribution in [0, 0.1) is 13.8 Å². The Morgan fingerprint density at radius 3 is 2.59 bits per heavy atom. The molecule has 0 radical (unpaired) electrons. The molecule has 0 saturated heterocycles. The number of hydrogen-bond acceptors (Lipinski definition) is 3. The fraction of sp³-hybridized carbons (Fsp3) is 0.158. The summed E-state index contributed by atoms with van der Waals surface area (Å²) in [5.74, 6) is -0.0694. The number of Topliss-reactive ketones (excluding diaryl/α,β-unsaturated/α-hetero) is 1. The van der Waals surface area contributed by atoms with Gasteiger partial charge in [0, 0.05) is 22.9 Å². The minimum atomic E-state index is -0.447. The number of para-hydroxylation sites is 1. The highest BCUT2D eigenvalue weighted by atomic mass is 16.4. The molecule has 0 atom stereocenters. The zero-order valence-corrected chi connectivity index (χ0v) is 12.6. The number of rotatable bonds is 3. The molecule has 1 heterocycles. The van der Waals surface area contributed by atoms with Crippen LogP contribution < -0.4 is 5.63 Å². The van der Waals surface area contributed by atoms with Gasteiger partial charge in [-0.3, -0.25) is 4.79 Å². The first-order valence-corrected chi connectivity index (χ1v) is 7.17. The van der Waals surface area contributed by atoms with Gasteiger partial charge in [0.15, 0.2) is 5.78 Å². The quantitative estimate of drug-likeness (QED) is 0.544. The molecule has 3 aromatic rings. The third-order valence-corrected chi connectivity index (χ3v) is 3.75. The predicted molar refractivity (Wildman–Crippen MR) is 86.4 cm³/mol. The van der Waals surface area contributed by atoms with Gasteiger partial charge >= 0.3 is 5.63 Å². The third kappa shape index (κ3) is 2.70. The summed E-state index contributed by atoms with van der Waals surface area (Å²) in [5, 5.41) is 0.825. The zero-order valence-electron chi connectivity index (χ0n) is 12.6. The molecule has 1 aromatic heterocycles. The average molecular weight is 292 g/mol. The Bertz CT molecular complexity index is 919. The molecule has 2 aromatic carbocycles. The monoisotopic (exact) mass is 292 g/mol. The lowest BCUT2D eigenvalue weighted by molar-refractivity contribution is 0.0991. The number of hydrogen-bond donors (Lipinski definition) is 0. The molecule has 110 valence electrons. The van der Waals surface area contributed by atoms with Crippen molar-refractivity contribution in [3.8, 4) is 0 Å². The Hall–Kier alpha value is -2.68. The predicted octanol–water partition coefficient (Wildman–Crippen LogP) is 3.84. The van der Waals surface area contributed by atoms with Crippen molar-refractivity contribution in [3.05, 3.63) is 81.2 Å². The largest absolute Gasteiger partial charge is 0.423 e. The number of carbonyl (C=O) groups excluding carboxylic acids is 1. The Labute approximate surface area is 128 Å². The van der Waals surface area contributed by atoms with Crippen molar-refractivity contribution in [1.82, 2.24) is 0 Å². The van der Waals surface area contributed by atoms with Crippen molar-refractivity contribution < 1.29 is 9.21 Å². The van der Waals surface area contributed by atoms with Crippen LogP contribution in [-0.4, -0.2) is 5.78 Å². The standard InChI is InChI=1S/C19H16O3/c1-12-7-8-16(13(2)9-12)17(20)11-15-10-14-5-3-4-6-18(14)22-19(15)21/h3-10H,11H2,1-2H3. The maximum absolute atomic E-state index is 12.5. The molecule has 3 rings (SSSR count). The first-order valence-electron chi connectivity index (χ1n) is 7.17. The molecule has 0 bridgehead atoms. The summed E-state index contributed by atoms with van der Waals surface area (Å²) in [6.45, 7) is 3.89. The second kappa shape index (κ2) is 5.60. The maximum Gasteiger partial charge on any atom is 0.339 e. The summed E-state index contributed by atoms with van der Waals surface area (Å²) in [7, 11) is 0.